The third-order valence-corrected chi connectivity index (χ3v) is 6.55. The Morgan fingerprint density at radius 1 is 1.10 bits per heavy atom. The van der Waals surface area contributed by atoms with E-state index in [1.54, 1.807) is 17.0 Å². The molecule has 2 fully saturated rings. The largest absolute Gasteiger partial charge is 0.385 e. The summed E-state index contributed by atoms with van der Waals surface area (Å²) in [5, 5.41) is 11.6. The summed E-state index contributed by atoms with van der Waals surface area (Å²) in [4.78, 5) is 34.4. The fourth-order valence-corrected chi connectivity index (χ4v) is 5.10. The van der Waals surface area contributed by atoms with Gasteiger partial charge in [0.15, 0.2) is 5.69 Å². The summed E-state index contributed by atoms with van der Waals surface area (Å²) in [5.41, 5.74) is 0.622. The maximum Gasteiger partial charge on any atom is 0.280 e. The summed E-state index contributed by atoms with van der Waals surface area (Å²) in [6, 6.07) is 16.9. The number of H-pyrrole nitrogens is 1. The predicted molar refractivity (Wildman–Crippen MR) is 109 cm³/mol. The maximum atomic E-state index is 13.2. The van der Waals surface area contributed by atoms with E-state index in [-0.39, 0.29) is 23.4 Å². The molecular formula is C23H23N3O3. The monoisotopic (exact) mass is 389 g/mol. The van der Waals surface area contributed by atoms with Gasteiger partial charge < -0.3 is 15.0 Å². The van der Waals surface area contributed by atoms with E-state index in [2.05, 4.69) is 9.97 Å². The van der Waals surface area contributed by atoms with Gasteiger partial charge in [0.25, 0.3) is 11.5 Å². The number of carbonyl (C=O) groups excluding carboxylic acids is 1. The molecule has 1 saturated heterocycles. The Hall–Kier alpha value is -2.99. The second-order valence-corrected chi connectivity index (χ2v) is 8.19. The van der Waals surface area contributed by atoms with Crippen LogP contribution >= 0.6 is 0 Å². The molecule has 2 heterocycles. The molecule has 0 spiro atoms. The van der Waals surface area contributed by atoms with Crippen LogP contribution in [0.1, 0.15) is 35.3 Å². The number of nitrogens with zero attached hydrogens (tertiary/aromatic N) is 2. The second kappa shape index (κ2) is 6.81. The normalized spacial score (nSPS) is 26.4. The number of aromatic amines is 1. The number of aliphatic hydroxyl groups is 1. The number of para-hydroxylation sites is 2. The average Bonchev–Trinajstić information content (AvgIpc) is 3.19. The van der Waals surface area contributed by atoms with Gasteiger partial charge in [-0.25, -0.2) is 4.98 Å². The lowest BCUT2D eigenvalue weighted by Crippen LogP contribution is -2.43. The van der Waals surface area contributed by atoms with Crippen molar-refractivity contribution in [3.8, 4) is 0 Å². The average molecular weight is 389 g/mol. The van der Waals surface area contributed by atoms with Crippen molar-refractivity contribution in [2.24, 2.45) is 11.8 Å². The van der Waals surface area contributed by atoms with Gasteiger partial charge in [0.1, 0.15) is 0 Å². The Morgan fingerprint density at radius 3 is 2.69 bits per heavy atom. The van der Waals surface area contributed by atoms with Crippen LogP contribution in [0.3, 0.4) is 0 Å². The van der Waals surface area contributed by atoms with E-state index in [1.165, 1.54) is 0 Å². The van der Waals surface area contributed by atoms with Crippen LogP contribution in [0.15, 0.2) is 59.4 Å². The van der Waals surface area contributed by atoms with Gasteiger partial charge in [-0.3, -0.25) is 9.59 Å². The summed E-state index contributed by atoms with van der Waals surface area (Å²) in [6.07, 6.45) is 2.59. The molecule has 6 nitrogen and oxygen atoms in total. The van der Waals surface area contributed by atoms with E-state index in [9.17, 15) is 14.7 Å². The number of carbonyl (C=O) groups is 1. The van der Waals surface area contributed by atoms with Gasteiger partial charge in [0, 0.05) is 19.0 Å². The first-order valence-electron chi connectivity index (χ1n) is 10.1. The van der Waals surface area contributed by atoms with Crippen LogP contribution in [0.5, 0.6) is 0 Å². The van der Waals surface area contributed by atoms with Crippen LogP contribution in [0.25, 0.3) is 11.0 Å². The fraction of sp³-hybridized carbons (Fsp3) is 0.348. The van der Waals surface area contributed by atoms with Crippen molar-refractivity contribution >= 4 is 16.9 Å². The first-order chi connectivity index (χ1) is 14.1. The quantitative estimate of drug-likeness (QED) is 0.706. The van der Waals surface area contributed by atoms with Gasteiger partial charge in [0.2, 0.25) is 0 Å². The molecule has 0 radical (unpaired) electrons. The van der Waals surface area contributed by atoms with Crippen molar-refractivity contribution in [2.45, 2.75) is 24.9 Å². The highest BCUT2D eigenvalue weighted by Crippen LogP contribution is 2.48. The molecular weight excluding hydrogens is 366 g/mol. The molecule has 0 unspecified atom stereocenters. The number of hydrogen-bond acceptors (Lipinski definition) is 4. The number of amides is 1. The Kier molecular flexibility index (Phi) is 4.24. The molecule has 1 saturated carbocycles. The van der Waals surface area contributed by atoms with Crippen molar-refractivity contribution < 1.29 is 9.90 Å². The summed E-state index contributed by atoms with van der Waals surface area (Å²) in [7, 11) is 0. The van der Waals surface area contributed by atoms with Gasteiger partial charge in [-0.05, 0) is 42.9 Å². The van der Waals surface area contributed by atoms with Crippen LogP contribution < -0.4 is 5.56 Å². The third-order valence-electron chi connectivity index (χ3n) is 6.55. The minimum Gasteiger partial charge on any atom is -0.385 e. The number of fused-ring (bicyclic) bond motifs is 2. The van der Waals surface area contributed by atoms with E-state index in [1.807, 2.05) is 42.5 Å². The van der Waals surface area contributed by atoms with Gasteiger partial charge in [0.05, 0.1) is 16.6 Å². The van der Waals surface area contributed by atoms with Crippen LogP contribution in [0, 0.1) is 11.8 Å². The Bertz CT molecular complexity index is 1130. The lowest BCUT2D eigenvalue weighted by Gasteiger charge is -2.41. The SMILES string of the molecule is O=C(c1nc2ccccc2[nH]c1=O)N1C[C@@H]2CCC[C@@](O)(c3ccccc3)[C@@H]2C1. The number of hydrogen-bond donors (Lipinski definition) is 2. The molecule has 2 aromatic carbocycles. The molecule has 3 aromatic rings. The van der Waals surface area contributed by atoms with Crippen molar-refractivity contribution in [2.75, 3.05) is 13.1 Å². The van der Waals surface area contributed by atoms with E-state index >= 15 is 0 Å². The van der Waals surface area contributed by atoms with Gasteiger partial charge in [-0.15, -0.1) is 0 Å². The van der Waals surface area contributed by atoms with Crippen LogP contribution in [0.2, 0.25) is 0 Å². The Labute approximate surface area is 168 Å². The molecule has 6 heteroatoms. The second-order valence-electron chi connectivity index (χ2n) is 8.19. The minimum atomic E-state index is -0.942. The maximum absolute atomic E-state index is 13.2. The van der Waals surface area contributed by atoms with E-state index in [0.29, 0.717) is 30.5 Å². The first kappa shape index (κ1) is 18.1. The number of benzene rings is 2. The van der Waals surface area contributed by atoms with Crippen LogP contribution in [0.4, 0.5) is 0 Å². The summed E-state index contributed by atoms with van der Waals surface area (Å²) in [6.45, 7) is 0.982. The third kappa shape index (κ3) is 2.95. The lowest BCUT2D eigenvalue weighted by atomic mass is 9.67. The molecule has 3 atom stereocenters. The Balaban J connectivity index is 1.46. The zero-order valence-electron chi connectivity index (χ0n) is 16.0. The highest BCUT2D eigenvalue weighted by molar-refractivity contribution is 5.94. The molecule has 2 aliphatic rings. The standard InChI is InChI=1S/C23H23N3O3/c27-21-20(24-18-10-4-5-11-19(18)25-21)22(28)26-13-15-7-6-12-23(29,17(15)14-26)16-8-2-1-3-9-16/h1-5,8-11,15,17,29H,6-7,12-14H2,(H,25,27)/t15-,17+,23+/m0/s1. The van der Waals surface area contributed by atoms with Crippen molar-refractivity contribution in [1.29, 1.82) is 0 Å². The van der Waals surface area contributed by atoms with E-state index in [4.69, 9.17) is 0 Å². The van der Waals surface area contributed by atoms with Gasteiger partial charge in [-0.2, -0.15) is 0 Å². The fourth-order valence-electron chi connectivity index (χ4n) is 5.10. The van der Waals surface area contributed by atoms with Gasteiger partial charge in [-0.1, -0.05) is 42.5 Å². The van der Waals surface area contributed by atoms with E-state index < -0.39 is 11.2 Å². The van der Waals surface area contributed by atoms with Gasteiger partial charge >= 0.3 is 0 Å². The highest BCUT2D eigenvalue weighted by atomic mass is 16.3. The molecule has 2 N–H and O–H groups in total. The first-order valence-corrected chi connectivity index (χ1v) is 10.1. The molecule has 1 aliphatic heterocycles. The minimum absolute atomic E-state index is 0.0397. The molecule has 1 amide bonds. The van der Waals surface area contributed by atoms with Crippen molar-refractivity contribution in [3.05, 3.63) is 76.2 Å². The summed E-state index contributed by atoms with van der Waals surface area (Å²) in [5.74, 6) is -0.179. The predicted octanol–water partition coefficient (Wildman–Crippen LogP) is 2.68. The van der Waals surface area contributed by atoms with Crippen LogP contribution in [-0.4, -0.2) is 39.0 Å². The molecule has 5 rings (SSSR count). The summed E-state index contributed by atoms with van der Waals surface area (Å²) >= 11 is 0. The number of rotatable bonds is 2. The molecule has 0 bridgehead atoms. The number of aromatic nitrogens is 2. The molecule has 29 heavy (non-hydrogen) atoms. The zero-order valence-corrected chi connectivity index (χ0v) is 16.0. The van der Waals surface area contributed by atoms with Crippen molar-refractivity contribution in [1.82, 2.24) is 14.9 Å². The molecule has 1 aliphatic carbocycles. The molecule has 148 valence electrons. The van der Waals surface area contributed by atoms with E-state index in [0.717, 1.165) is 18.4 Å². The topological polar surface area (TPSA) is 86.3 Å². The summed E-state index contributed by atoms with van der Waals surface area (Å²) < 4.78 is 0. The Morgan fingerprint density at radius 2 is 1.86 bits per heavy atom. The zero-order chi connectivity index (χ0) is 20.0. The molecule has 1 aromatic heterocycles. The highest BCUT2D eigenvalue weighted by Gasteiger charge is 2.50. The number of likely N-dealkylation sites (tertiary alicyclic amines) is 1. The number of nitrogens with one attached hydrogen (secondary N) is 1. The smallest absolute Gasteiger partial charge is 0.280 e. The lowest BCUT2D eigenvalue weighted by molar-refractivity contribution is -0.0644. The van der Waals surface area contributed by atoms with Crippen molar-refractivity contribution in [3.63, 3.8) is 0 Å². The van der Waals surface area contributed by atoms with Crippen LogP contribution in [-0.2, 0) is 5.60 Å².